The Labute approximate surface area is 183 Å². The van der Waals surface area contributed by atoms with Gasteiger partial charge in [-0.3, -0.25) is 19.7 Å². The average molecular weight is 451 g/mol. The maximum atomic E-state index is 12.8. The summed E-state index contributed by atoms with van der Waals surface area (Å²) in [6.07, 6.45) is 0.456. The molecule has 0 radical (unpaired) electrons. The molecular weight excluding hydrogens is 431 g/mol. The predicted octanol–water partition coefficient (Wildman–Crippen LogP) is 4.21. The van der Waals surface area contributed by atoms with Crippen molar-refractivity contribution in [2.24, 2.45) is 0 Å². The maximum Gasteiger partial charge on any atom is 0.270 e. The second kappa shape index (κ2) is 9.32. The number of nitro groups is 1. The highest BCUT2D eigenvalue weighted by Crippen LogP contribution is 2.35. The van der Waals surface area contributed by atoms with E-state index in [1.165, 1.54) is 12.1 Å². The molecule has 10 heteroatoms. The summed E-state index contributed by atoms with van der Waals surface area (Å²) in [4.78, 5) is 39.0. The van der Waals surface area contributed by atoms with Gasteiger partial charge in [-0.1, -0.05) is 36.2 Å². The number of amides is 2. The highest BCUT2D eigenvalue weighted by molar-refractivity contribution is 6.35. The highest BCUT2D eigenvalue weighted by atomic mass is 35.5. The zero-order valence-electron chi connectivity index (χ0n) is 16.2. The Balaban J connectivity index is 1.84. The van der Waals surface area contributed by atoms with Crippen LogP contribution in [0.15, 0.2) is 36.4 Å². The van der Waals surface area contributed by atoms with Crippen molar-refractivity contribution >= 4 is 52.1 Å². The van der Waals surface area contributed by atoms with Gasteiger partial charge in [0.2, 0.25) is 5.91 Å². The second-order valence-corrected chi connectivity index (χ2v) is 7.55. The molecule has 0 saturated carbocycles. The Morgan fingerprint density at radius 2 is 1.80 bits per heavy atom. The quantitative estimate of drug-likeness (QED) is 0.543. The summed E-state index contributed by atoms with van der Waals surface area (Å²) < 4.78 is 0. The number of carbonyl (C=O) groups is 2. The van der Waals surface area contributed by atoms with Crippen LogP contribution in [-0.2, 0) is 4.79 Å². The standard InChI is InChI=1S/C20H20Cl2N4O4/c1-2-18(27)24-8-10-25(11-9-24)19-16(22)4-3-5-17(19)23-20(28)14-12-13(26(29)30)6-7-15(14)21/h3-7,12H,2,8-11H2,1H3,(H,23,28). The average Bonchev–Trinajstić information content (AvgIpc) is 2.73. The summed E-state index contributed by atoms with van der Waals surface area (Å²) in [5.74, 6) is -0.477. The molecule has 0 atom stereocenters. The van der Waals surface area contributed by atoms with Crippen molar-refractivity contribution in [2.45, 2.75) is 13.3 Å². The second-order valence-electron chi connectivity index (χ2n) is 6.73. The summed E-state index contributed by atoms with van der Waals surface area (Å²) in [6, 6.07) is 8.81. The SMILES string of the molecule is CCC(=O)N1CCN(c2c(Cl)cccc2NC(=O)c2cc([N+](=O)[O-])ccc2Cl)CC1. The van der Waals surface area contributed by atoms with Crippen molar-refractivity contribution in [2.75, 3.05) is 36.4 Å². The van der Waals surface area contributed by atoms with Crippen LogP contribution < -0.4 is 10.2 Å². The summed E-state index contributed by atoms with van der Waals surface area (Å²) in [7, 11) is 0. The van der Waals surface area contributed by atoms with Crippen molar-refractivity contribution in [3.8, 4) is 0 Å². The number of piperazine rings is 1. The molecule has 1 saturated heterocycles. The van der Waals surface area contributed by atoms with Crippen LogP contribution in [0.5, 0.6) is 0 Å². The summed E-state index contributed by atoms with van der Waals surface area (Å²) in [6.45, 7) is 4.07. The van der Waals surface area contributed by atoms with Crippen molar-refractivity contribution in [1.82, 2.24) is 4.90 Å². The first-order chi connectivity index (χ1) is 14.3. The largest absolute Gasteiger partial charge is 0.365 e. The number of halogens is 2. The zero-order valence-corrected chi connectivity index (χ0v) is 17.7. The van der Waals surface area contributed by atoms with Gasteiger partial charge in [0, 0.05) is 44.7 Å². The third-order valence-electron chi connectivity index (χ3n) is 4.89. The number of benzene rings is 2. The number of hydrogen-bond acceptors (Lipinski definition) is 5. The van der Waals surface area contributed by atoms with E-state index in [0.29, 0.717) is 49.0 Å². The molecule has 2 aromatic rings. The zero-order chi connectivity index (χ0) is 21.8. The molecule has 0 unspecified atom stereocenters. The lowest BCUT2D eigenvalue weighted by Gasteiger charge is -2.37. The van der Waals surface area contributed by atoms with Crippen molar-refractivity contribution < 1.29 is 14.5 Å². The number of carbonyl (C=O) groups excluding carboxylic acids is 2. The normalized spacial score (nSPS) is 13.8. The number of rotatable bonds is 5. The minimum Gasteiger partial charge on any atom is -0.365 e. The fraction of sp³-hybridized carbons (Fsp3) is 0.300. The van der Waals surface area contributed by atoms with Crippen LogP contribution in [0.3, 0.4) is 0 Å². The van der Waals surface area contributed by atoms with E-state index >= 15 is 0 Å². The minimum absolute atomic E-state index is 0.00449. The topological polar surface area (TPSA) is 95.8 Å². The monoisotopic (exact) mass is 450 g/mol. The molecule has 0 aliphatic carbocycles. The molecule has 3 rings (SSSR count). The van der Waals surface area contributed by atoms with Crippen LogP contribution >= 0.6 is 23.2 Å². The number of nitro benzene ring substituents is 1. The number of hydrogen-bond donors (Lipinski definition) is 1. The van der Waals surface area contributed by atoms with Crippen molar-refractivity contribution in [3.63, 3.8) is 0 Å². The Morgan fingerprint density at radius 1 is 1.10 bits per heavy atom. The van der Waals surface area contributed by atoms with Gasteiger partial charge in [0.25, 0.3) is 11.6 Å². The van der Waals surface area contributed by atoms with E-state index in [0.717, 1.165) is 6.07 Å². The first-order valence-corrected chi connectivity index (χ1v) is 10.1. The fourth-order valence-electron chi connectivity index (χ4n) is 3.33. The van der Waals surface area contributed by atoms with E-state index in [2.05, 4.69) is 5.32 Å². The highest BCUT2D eigenvalue weighted by Gasteiger charge is 2.24. The molecule has 30 heavy (non-hydrogen) atoms. The van der Waals surface area contributed by atoms with Gasteiger partial charge in [-0.15, -0.1) is 0 Å². The number of nitrogens with one attached hydrogen (secondary N) is 1. The molecule has 2 amide bonds. The molecule has 8 nitrogen and oxygen atoms in total. The third-order valence-corrected chi connectivity index (χ3v) is 5.53. The molecular formula is C20H20Cl2N4O4. The smallest absolute Gasteiger partial charge is 0.270 e. The molecule has 2 aromatic carbocycles. The lowest BCUT2D eigenvalue weighted by atomic mass is 10.1. The molecule has 1 aliphatic heterocycles. The van der Waals surface area contributed by atoms with Crippen LogP contribution in [0, 0.1) is 10.1 Å². The predicted molar refractivity (Wildman–Crippen MR) is 117 cm³/mol. The summed E-state index contributed by atoms with van der Waals surface area (Å²) in [5, 5.41) is 14.3. The van der Waals surface area contributed by atoms with E-state index in [4.69, 9.17) is 23.2 Å². The Kier molecular flexibility index (Phi) is 6.79. The molecule has 1 heterocycles. The molecule has 1 aliphatic rings. The van der Waals surface area contributed by atoms with Crippen molar-refractivity contribution in [1.29, 1.82) is 0 Å². The Hall–Kier alpha value is -2.84. The summed E-state index contributed by atoms with van der Waals surface area (Å²) in [5.41, 5.74) is 0.866. The minimum atomic E-state index is -0.588. The maximum absolute atomic E-state index is 12.8. The lowest BCUT2D eigenvalue weighted by Crippen LogP contribution is -2.48. The van der Waals surface area contributed by atoms with Gasteiger partial charge in [-0.25, -0.2) is 0 Å². The van der Waals surface area contributed by atoms with Gasteiger partial charge < -0.3 is 15.1 Å². The molecule has 0 bridgehead atoms. The first kappa shape index (κ1) is 21.9. The van der Waals surface area contributed by atoms with E-state index in [9.17, 15) is 19.7 Å². The Morgan fingerprint density at radius 3 is 2.43 bits per heavy atom. The van der Waals surface area contributed by atoms with Gasteiger partial charge >= 0.3 is 0 Å². The molecule has 158 valence electrons. The van der Waals surface area contributed by atoms with Crippen molar-refractivity contribution in [3.05, 3.63) is 62.1 Å². The first-order valence-electron chi connectivity index (χ1n) is 9.38. The van der Waals surface area contributed by atoms with Crippen LogP contribution in [0.25, 0.3) is 0 Å². The third kappa shape index (κ3) is 4.66. The van der Waals surface area contributed by atoms with Gasteiger partial charge in [0.1, 0.15) is 0 Å². The molecule has 1 fully saturated rings. The van der Waals surface area contributed by atoms with E-state index < -0.39 is 10.8 Å². The van der Waals surface area contributed by atoms with Crippen LogP contribution in [-0.4, -0.2) is 47.8 Å². The molecule has 0 aromatic heterocycles. The molecule has 1 N–H and O–H groups in total. The number of nitrogens with zero attached hydrogens (tertiary/aromatic N) is 3. The Bertz CT molecular complexity index is 991. The summed E-state index contributed by atoms with van der Waals surface area (Å²) >= 11 is 12.5. The number of anilines is 2. The van der Waals surface area contributed by atoms with Crippen LogP contribution in [0.2, 0.25) is 10.0 Å². The van der Waals surface area contributed by atoms with E-state index in [-0.39, 0.29) is 22.2 Å². The van der Waals surface area contributed by atoms with Gasteiger partial charge in [-0.2, -0.15) is 0 Å². The number of para-hydroxylation sites is 1. The van der Waals surface area contributed by atoms with Crippen LogP contribution in [0.4, 0.5) is 17.1 Å². The van der Waals surface area contributed by atoms with E-state index in [1.54, 1.807) is 23.1 Å². The lowest BCUT2D eigenvalue weighted by molar-refractivity contribution is -0.384. The van der Waals surface area contributed by atoms with E-state index in [1.807, 2.05) is 11.8 Å². The van der Waals surface area contributed by atoms with Gasteiger partial charge in [0.05, 0.1) is 31.9 Å². The fourth-order valence-corrected chi connectivity index (χ4v) is 3.83. The molecule has 0 spiro atoms. The van der Waals surface area contributed by atoms with Crippen LogP contribution in [0.1, 0.15) is 23.7 Å². The van der Waals surface area contributed by atoms with Gasteiger partial charge in [-0.05, 0) is 18.2 Å². The number of non-ortho nitro benzene ring substituents is 1. The van der Waals surface area contributed by atoms with Gasteiger partial charge in [0.15, 0.2) is 0 Å².